The van der Waals surface area contributed by atoms with E-state index in [-0.39, 0.29) is 0 Å². The zero-order valence-corrected chi connectivity index (χ0v) is 4.54. The second kappa shape index (κ2) is 1.32. The van der Waals surface area contributed by atoms with E-state index in [9.17, 15) is 4.79 Å². The first-order valence-corrected chi connectivity index (χ1v) is 2.96. The first kappa shape index (κ1) is 4.50. The number of carbonyl (C=O) groups excluding carboxylic acids is 1. The molecule has 2 rings (SSSR count). The summed E-state index contributed by atoms with van der Waals surface area (Å²) in [6.45, 7) is 1.65. The summed E-state index contributed by atoms with van der Waals surface area (Å²) in [5.74, 6) is 1.57. The summed E-state index contributed by atoms with van der Waals surface area (Å²) in [4.78, 5) is 10.1. The molecule has 2 fully saturated rings. The molecule has 8 heavy (non-hydrogen) atoms. The normalized spacial score (nSPS) is 50.8. The molecule has 0 radical (unpaired) electrons. The lowest BCUT2D eigenvalue weighted by molar-refractivity contribution is -0.110. The molecule has 3 atom stereocenters. The summed E-state index contributed by atoms with van der Waals surface area (Å²) in [6.07, 6.45) is 1.07. The Hall–Kier alpha value is -0.370. The Kier molecular flexibility index (Phi) is 0.742. The lowest BCUT2D eigenvalue weighted by atomic mass is 10.3. The maximum Gasteiger partial charge on any atom is 0.123 e. The quantitative estimate of drug-likeness (QED) is 0.449. The maximum atomic E-state index is 10.1. The highest BCUT2D eigenvalue weighted by molar-refractivity contribution is 5.60. The van der Waals surface area contributed by atoms with E-state index in [1.54, 1.807) is 0 Å². The van der Waals surface area contributed by atoms with E-state index in [0.717, 1.165) is 19.5 Å². The van der Waals surface area contributed by atoms with Crippen molar-refractivity contribution < 1.29 is 9.53 Å². The SMILES string of the molecule is O=CC1[C@H]2COC[C@@H]12. The van der Waals surface area contributed by atoms with Gasteiger partial charge in [0.05, 0.1) is 13.2 Å². The van der Waals surface area contributed by atoms with E-state index >= 15 is 0 Å². The van der Waals surface area contributed by atoms with Gasteiger partial charge in [-0.2, -0.15) is 0 Å². The molecule has 1 saturated carbocycles. The number of rotatable bonds is 1. The molecule has 0 aromatic carbocycles. The summed E-state index contributed by atoms with van der Waals surface area (Å²) < 4.78 is 5.08. The van der Waals surface area contributed by atoms with Crippen molar-refractivity contribution in [2.24, 2.45) is 17.8 Å². The van der Waals surface area contributed by atoms with Gasteiger partial charge < -0.3 is 9.53 Å². The monoisotopic (exact) mass is 112 g/mol. The average Bonchev–Trinajstić information content (AvgIpc) is 2.22. The molecule has 0 bridgehead atoms. The predicted molar refractivity (Wildman–Crippen MR) is 27.4 cm³/mol. The van der Waals surface area contributed by atoms with Crippen LogP contribution in [0.2, 0.25) is 0 Å². The number of carbonyl (C=O) groups is 1. The molecule has 0 amide bonds. The highest BCUT2D eigenvalue weighted by atomic mass is 16.5. The molecule has 1 heterocycles. The van der Waals surface area contributed by atoms with Gasteiger partial charge in [-0.05, 0) is 11.8 Å². The topological polar surface area (TPSA) is 26.3 Å². The van der Waals surface area contributed by atoms with E-state index in [2.05, 4.69) is 0 Å². The Morgan fingerprint density at radius 3 is 2.38 bits per heavy atom. The van der Waals surface area contributed by atoms with Crippen LogP contribution in [0.5, 0.6) is 0 Å². The van der Waals surface area contributed by atoms with Crippen molar-refractivity contribution in [1.29, 1.82) is 0 Å². The van der Waals surface area contributed by atoms with E-state index in [4.69, 9.17) is 4.74 Å². The zero-order valence-electron chi connectivity index (χ0n) is 4.54. The van der Waals surface area contributed by atoms with E-state index in [0.29, 0.717) is 17.8 Å². The summed E-state index contributed by atoms with van der Waals surface area (Å²) in [5.41, 5.74) is 0. The van der Waals surface area contributed by atoms with Gasteiger partial charge in [0.2, 0.25) is 0 Å². The van der Waals surface area contributed by atoms with Crippen LogP contribution in [0.3, 0.4) is 0 Å². The summed E-state index contributed by atoms with van der Waals surface area (Å²) >= 11 is 0. The van der Waals surface area contributed by atoms with Gasteiger partial charge in [0.15, 0.2) is 0 Å². The van der Waals surface area contributed by atoms with Crippen LogP contribution < -0.4 is 0 Å². The Morgan fingerprint density at radius 2 is 2.00 bits per heavy atom. The molecule has 1 aliphatic heterocycles. The first-order chi connectivity index (χ1) is 3.93. The lowest BCUT2D eigenvalue weighted by Gasteiger charge is -1.92. The van der Waals surface area contributed by atoms with E-state index in [1.807, 2.05) is 0 Å². The molecule has 1 saturated heterocycles. The van der Waals surface area contributed by atoms with Crippen molar-refractivity contribution >= 4 is 6.29 Å². The van der Waals surface area contributed by atoms with Gasteiger partial charge in [0.1, 0.15) is 6.29 Å². The van der Waals surface area contributed by atoms with Crippen LogP contribution in [0.25, 0.3) is 0 Å². The second-order valence-electron chi connectivity index (χ2n) is 2.58. The van der Waals surface area contributed by atoms with Crippen LogP contribution in [-0.2, 0) is 9.53 Å². The minimum Gasteiger partial charge on any atom is -0.381 e. The predicted octanol–water partition coefficient (Wildman–Crippen LogP) is 0.0777. The maximum absolute atomic E-state index is 10.1. The van der Waals surface area contributed by atoms with Crippen molar-refractivity contribution in [3.63, 3.8) is 0 Å². The number of ether oxygens (including phenoxy) is 1. The molecule has 44 valence electrons. The van der Waals surface area contributed by atoms with Crippen LogP contribution in [0.1, 0.15) is 0 Å². The molecule has 1 unspecified atom stereocenters. The van der Waals surface area contributed by atoms with E-state index in [1.165, 1.54) is 0 Å². The number of aldehydes is 1. The van der Waals surface area contributed by atoms with Gasteiger partial charge in [-0.15, -0.1) is 0 Å². The molecule has 0 aromatic rings. The van der Waals surface area contributed by atoms with Gasteiger partial charge in [-0.25, -0.2) is 0 Å². The number of hydrogen-bond donors (Lipinski definition) is 0. The van der Waals surface area contributed by atoms with Crippen LogP contribution in [0.4, 0.5) is 0 Å². The minimum absolute atomic E-state index is 0.365. The Balaban J connectivity index is 2.03. The van der Waals surface area contributed by atoms with Gasteiger partial charge >= 0.3 is 0 Å². The second-order valence-corrected chi connectivity index (χ2v) is 2.58. The molecule has 0 spiro atoms. The molecule has 0 N–H and O–H groups in total. The fraction of sp³-hybridized carbons (Fsp3) is 0.833. The lowest BCUT2D eigenvalue weighted by Crippen LogP contribution is -1.97. The third kappa shape index (κ3) is 0.388. The average molecular weight is 112 g/mol. The highest BCUT2D eigenvalue weighted by Crippen LogP contribution is 2.48. The smallest absolute Gasteiger partial charge is 0.123 e. The van der Waals surface area contributed by atoms with Crippen LogP contribution >= 0.6 is 0 Å². The van der Waals surface area contributed by atoms with Crippen molar-refractivity contribution in [1.82, 2.24) is 0 Å². The Bertz CT molecular complexity index is 112. The van der Waals surface area contributed by atoms with Crippen molar-refractivity contribution in [2.75, 3.05) is 13.2 Å². The van der Waals surface area contributed by atoms with E-state index < -0.39 is 0 Å². The third-order valence-corrected chi connectivity index (χ3v) is 2.18. The Labute approximate surface area is 47.8 Å². The van der Waals surface area contributed by atoms with Gasteiger partial charge in [-0.1, -0.05) is 0 Å². The molecule has 2 nitrogen and oxygen atoms in total. The van der Waals surface area contributed by atoms with Crippen LogP contribution in [0.15, 0.2) is 0 Å². The van der Waals surface area contributed by atoms with Crippen molar-refractivity contribution in [3.05, 3.63) is 0 Å². The zero-order chi connectivity index (χ0) is 5.56. The number of hydrogen-bond acceptors (Lipinski definition) is 2. The summed E-state index contributed by atoms with van der Waals surface area (Å²) in [7, 11) is 0. The molecule has 1 aliphatic carbocycles. The largest absolute Gasteiger partial charge is 0.381 e. The molecule has 0 aromatic heterocycles. The fourth-order valence-corrected chi connectivity index (χ4v) is 1.49. The molecule has 2 aliphatic rings. The minimum atomic E-state index is 0.365. The summed E-state index contributed by atoms with van der Waals surface area (Å²) in [5, 5.41) is 0. The van der Waals surface area contributed by atoms with Gasteiger partial charge in [0.25, 0.3) is 0 Å². The van der Waals surface area contributed by atoms with Gasteiger partial charge in [-0.3, -0.25) is 0 Å². The Morgan fingerprint density at radius 1 is 1.38 bits per heavy atom. The molecular weight excluding hydrogens is 104 g/mol. The van der Waals surface area contributed by atoms with Crippen molar-refractivity contribution in [2.45, 2.75) is 0 Å². The molecule has 2 heteroatoms. The van der Waals surface area contributed by atoms with Crippen molar-refractivity contribution in [3.8, 4) is 0 Å². The van der Waals surface area contributed by atoms with Crippen LogP contribution in [0, 0.1) is 17.8 Å². The highest BCUT2D eigenvalue weighted by Gasteiger charge is 2.53. The summed E-state index contributed by atoms with van der Waals surface area (Å²) in [6, 6.07) is 0. The third-order valence-electron chi connectivity index (χ3n) is 2.18. The van der Waals surface area contributed by atoms with Crippen LogP contribution in [-0.4, -0.2) is 19.5 Å². The molecular formula is C6H8O2. The standard InChI is InChI=1S/C6H8O2/c7-1-4-5-2-8-3-6(4)5/h1,4-6H,2-3H2/t4?,5-,6+. The fourth-order valence-electron chi connectivity index (χ4n) is 1.49. The van der Waals surface area contributed by atoms with Gasteiger partial charge in [0, 0.05) is 5.92 Å². The number of fused-ring (bicyclic) bond motifs is 1. The first-order valence-electron chi connectivity index (χ1n) is 2.96.